The first-order valence-electron chi connectivity index (χ1n) is 6.08. The summed E-state index contributed by atoms with van der Waals surface area (Å²) in [7, 11) is 0. The number of nitrogens with two attached hydrogens (primary N) is 1. The van der Waals surface area contributed by atoms with Gasteiger partial charge in [-0.25, -0.2) is 4.68 Å². The van der Waals surface area contributed by atoms with Crippen LogP contribution in [-0.2, 0) is 6.54 Å². The Morgan fingerprint density at radius 3 is 2.83 bits per heavy atom. The minimum atomic E-state index is -0.0738. The molecular formula is C11H18N6O. The summed E-state index contributed by atoms with van der Waals surface area (Å²) in [4.78, 5) is 4.28. The first-order valence-corrected chi connectivity index (χ1v) is 6.08. The van der Waals surface area contributed by atoms with Gasteiger partial charge in [-0.05, 0) is 6.42 Å². The predicted octanol–water partition coefficient (Wildman–Crippen LogP) is 1.24. The molecule has 0 aliphatic heterocycles. The zero-order valence-electron chi connectivity index (χ0n) is 10.9. The van der Waals surface area contributed by atoms with E-state index in [0.29, 0.717) is 18.3 Å². The minimum Gasteiger partial charge on any atom is -0.339 e. The molecule has 0 aromatic carbocycles. The Morgan fingerprint density at radius 1 is 1.44 bits per heavy atom. The normalized spacial score (nSPS) is 13.2. The second-order valence-corrected chi connectivity index (χ2v) is 4.56. The summed E-state index contributed by atoms with van der Waals surface area (Å²) in [6, 6.07) is -0.0738. The van der Waals surface area contributed by atoms with E-state index in [4.69, 9.17) is 10.3 Å². The highest BCUT2D eigenvalue weighted by atomic mass is 16.5. The van der Waals surface area contributed by atoms with Crippen molar-refractivity contribution >= 4 is 0 Å². The fraction of sp³-hybridized carbons (Fsp3) is 0.636. The summed E-state index contributed by atoms with van der Waals surface area (Å²) in [5, 5.41) is 11.9. The zero-order valence-corrected chi connectivity index (χ0v) is 10.9. The van der Waals surface area contributed by atoms with Gasteiger partial charge in [0.25, 0.3) is 0 Å². The number of rotatable bonds is 5. The molecule has 2 heterocycles. The van der Waals surface area contributed by atoms with Crippen LogP contribution in [0.2, 0.25) is 0 Å². The van der Waals surface area contributed by atoms with Gasteiger partial charge in [-0.3, -0.25) is 0 Å². The van der Waals surface area contributed by atoms with Crippen LogP contribution in [0.5, 0.6) is 0 Å². The molecule has 2 rings (SSSR count). The molecule has 1 atom stereocenters. The molecular weight excluding hydrogens is 232 g/mol. The molecule has 2 aromatic rings. The van der Waals surface area contributed by atoms with E-state index < -0.39 is 0 Å². The van der Waals surface area contributed by atoms with Crippen LogP contribution in [0.15, 0.2) is 10.7 Å². The second-order valence-electron chi connectivity index (χ2n) is 4.56. The molecule has 0 spiro atoms. The van der Waals surface area contributed by atoms with Crippen molar-refractivity contribution in [2.75, 3.05) is 0 Å². The Balaban J connectivity index is 2.06. The van der Waals surface area contributed by atoms with Crippen molar-refractivity contribution in [3.63, 3.8) is 0 Å². The molecule has 0 saturated carbocycles. The molecule has 2 N–H and O–H groups in total. The van der Waals surface area contributed by atoms with Gasteiger partial charge in [0.05, 0.1) is 17.9 Å². The lowest BCUT2D eigenvalue weighted by atomic mass is 10.2. The number of aromatic nitrogens is 5. The van der Waals surface area contributed by atoms with Crippen molar-refractivity contribution in [3.8, 4) is 0 Å². The van der Waals surface area contributed by atoms with E-state index in [9.17, 15) is 0 Å². The van der Waals surface area contributed by atoms with E-state index in [-0.39, 0.29) is 12.0 Å². The van der Waals surface area contributed by atoms with Crippen LogP contribution in [-0.4, -0.2) is 25.1 Å². The third-order valence-electron chi connectivity index (χ3n) is 2.66. The number of hydrogen-bond acceptors (Lipinski definition) is 6. The highest BCUT2D eigenvalue weighted by Crippen LogP contribution is 2.12. The quantitative estimate of drug-likeness (QED) is 0.857. The average molecular weight is 250 g/mol. The van der Waals surface area contributed by atoms with Crippen molar-refractivity contribution in [2.24, 2.45) is 5.73 Å². The van der Waals surface area contributed by atoms with Crippen molar-refractivity contribution in [2.45, 2.75) is 45.7 Å². The zero-order chi connectivity index (χ0) is 13.1. The molecule has 1 unspecified atom stereocenters. The maximum Gasteiger partial charge on any atom is 0.229 e. The van der Waals surface area contributed by atoms with E-state index in [1.54, 1.807) is 4.68 Å². The lowest BCUT2D eigenvalue weighted by Crippen LogP contribution is -2.08. The van der Waals surface area contributed by atoms with Gasteiger partial charge in [-0.2, -0.15) is 4.98 Å². The molecule has 98 valence electrons. The second kappa shape index (κ2) is 5.26. The van der Waals surface area contributed by atoms with E-state index in [0.717, 1.165) is 12.1 Å². The topological polar surface area (TPSA) is 95.7 Å². The van der Waals surface area contributed by atoms with Gasteiger partial charge in [0.1, 0.15) is 6.54 Å². The molecule has 0 aliphatic rings. The van der Waals surface area contributed by atoms with Crippen LogP contribution in [0.25, 0.3) is 0 Å². The maximum atomic E-state index is 5.88. The number of nitrogens with zero attached hydrogens (tertiary/aromatic N) is 5. The standard InChI is InChI=1S/C11H18N6O/c1-4-8(12)9-5-17(16-14-9)6-10-13-11(7(2)3)18-15-10/h5,7-8H,4,6,12H2,1-3H3. The van der Waals surface area contributed by atoms with Crippen molar-refractivity contribution in [3.05, 3.63) is 23.6 Å². The average Bonchev–Trinajstić information content (AvgIpc) is 2.98. The van der Waals surface area contributed by atoms with E-state index >= 15 is 0 Å². The van der Waals surface area contributed by atoms with Crippen LogP contribution in [0.3, 0.4) is 0 Å². The summed E-state index contributed by atoms with van der Waals surface area (Å²) in [6.45, 7) is 6.47. The molecule has 0 bridgehead atoms. The highest BCUT2D eigenvalue weighted by molar-refractivity contribution is 5.00. The summed E-state index contributed by atoms with van der Waals surface area (Å²) < 4.78 is 6.79. The van der Waals surface area contributed by atoms with Crippen LogP contribution in [0, 0.1) is 0 Å². The monoisotopic (exact) mass is 250 g/mol. The smallest absolute Gasteiger partial charge is 0.229 e. The fourth-order valence-electron chi connectivity index (χ4n) is 1.48. The molecule has 0 radical (unpaired) electrons. The van der Waals surface area contributed by atoms with Crippen molar-refractivity contribution < 1.29 is 4.52 Å². The molecule has 0 fully saturated rings. The molecule has 0 aliphatic carbocycles. The van der Waals surface area contributed by atoms with E-state index in [1.165, 1.54) is 0 Å². The van der Waals surface area contributed by atoms with Gasteiger partial charge < -0.3 is 10.3 Å². The lowest BCUT2D eigenvalue weighted by molar-refractivity contribution is 0.359. The SMILES string of the molecule is CCC(N)c1cn(Cc2noc(C(C)C)n2)nn1. The third-order valence-corrected chi connectivity index (χ3v) is 2.66. The van der Waals surface area contributed by atoms with Crippen molar-refractivity contribution in [1.82, 2.24) is 25.1 Å². The first kappa shape index (κ1) is 12.7. The Morgan fingerprint density at radius 2 is 2.22 bits per heavy atom. The van der Waals surface area contributed by atoms with Gasteiger partial charge >= 0.3 is 0 Å². The van der Waals surface area contributed by atoms with Gasteiger partial charge in [0.15, 0.2) is 5.82 Å². The number of hydrogen-bond donors (Lipinski definition) is 1. The molecule has 18 heavy (non-hydrogen) atoms. The van der Waals surface area contributed by atoms with Gasteiger partial charge in [0, 0.05) is 5.92 Å². The highest BCUT2D eigenvalue weighted by Gasteiger charge is 2.12. The van der Waals surface area contributed by atoms with Gasteiger partial charge in [-0.15, -0.1) is 5.10 Å². The lowest BCUT2D eigenvalue weighted by Gasteiger charge is -2.01. The molecule has 7 heteroatoms. The summed E-state index contributed by atoms with van der Waals surface area (Å²) in [6.07, 6.45) is 2.65. The predicted molar refractivity (Wildman–Crippen MR) is 64.7 cm³/mol. The minimum absolute atomic E-state index is 0.0738. The van der Waals surface area contributed by atoms with Crippen molar-refractivity contribution in [1.29, 1.82) is 0 Å². The Labute approximate surface area is 105 Å². The summed E-state index contributed by atoms with van der Waals surface area (Å²) in [5.74, 6) is 1.46. The summed E-state index contributed by atoms with van der Waals surface area (Å²) in [5.41, 5.74) is 6.66. The van der Waals surface area contributed by atoms with Crippen LogP contribution in [0.1, 0.15) is 56.6 Å². The molecule has 7 nitrogen and oxygen atoms in total. The van der Waals surface area contributed by atoms with Crippen LogP contribution < -0.4 is 5.73 Å². The first-order chi connectivity index (χ1) is 8.60. The fourth-order valence-corrected chi connectivity index (χ4v) is 1.48. The third kappa shape index (κ3) is 2.73. The summed E-state index contributed by atoms with van der Waals surface area (Å²) >= 11 is 0. The largest absolute Gasteiger partial charge is 0.339 e. The van der Waals surface area contributed by atoms with Crippen LogP contribution in [0.4, 0.5) is 0 Å². The van der Waals surface area contributed by atoms with Gasteiger partial charge in [-0.1, -0.05) is 31.1 Å². The Kier molecular flexibility index (Phi) is 3.71. The Hall–Kier alpha value is -1.76. The van der Waals surface area contributed by atoms with Crippen LogP contribution >= 0.6 is 0 Å². The maximum absolute atomic E-state index is 5.88. The van der Waals surface area contributed by atoms with E-state index in [2.05, 4.69) is 20.5 Å². The molecule has 0 amide bonds. The van der Waals surface area contributed by atoms with E-state index in [1.807, 2.05) is 27.0 Å². The molecule has 2 aromatic heterocycles. The molecule has 0 saturated heterocycles. The van der Waals surface area contributed by atoms with Gasteiger partial charge in [0.2, 0.25) is 5.89 Å². The Bertz CT molecular complexity index is 503.